The molecule has 1 N–H and O–H groups in total. The number of halogens is 1. The van der Waals surface area contributed by atoms with E-state index in [4.69, 9.17) is 0 Å². The van der Waals surface area contributed by atoms with Crippen LogP contribution < -0.4 is 5.32 Å². The van der Waals surface area contributed by atoms with E-state index in [1.165, 1.54) is 16.7 Å². The van der Waals surface area contributed by atoms with Crippen LogP contribution in [-0.4, -0.2) is 47.0 Å². The highest BCUT2D eigenvalue weighted by atomic mass is 127. The summed E-state index contributed by atoms with van der Waals surface area (Å²) in [7, 11) is 1.87. The van der Waals surface area contributed by atoms with Crippen molar-refractivity contribution in [3.8, 4) is 0 Å². The molecule has 0 radical (unpaired) electrons. The number of nitrogens with zero attached hydrogens (tertiary/aromatic N) is 3. The summed E-state index contributed by atoms with van der Waals surface area (Å²) >= 11 is 2.09. The van der Waals surface area contributed by atoms with Crippen molar-refractivity contribution < 1.29 is 0 Å². The maximum atomic E-state index is 4.51. The molecule has 1 aromatic heterocycles. The van der Waals surface area contributed by atoms with Crippen LogP contribution in [0.3, 0.4) is 0 Å². The summed E-state index contributed by atoms with van der Waals surface area (Å²) in [5.41, 5.74) is 2.30. The summed E-state index contributed by atoms with van der Waals surface area (Å²) < 4.78 is 0. The van der Waals surface area contributed by atoms with Gasteiger partial charge >= 0.3 is 0 Å². The summed E-state index contributed by atoms with van der Waals surface area (Å²) in [6.07, 6.45) is 1.88. The van der Waals surface area contributed by atoms with E-state index in [0.29, 0.717) is 11.2 Å². The fraction of sp³-hybridized carbons (Fsp3) is 0.474. The minimum absolute atomic E-state index is 0. The molecular formula is C19H27IN4S. The van der Waals surface area contributed by atoms with Gasteiger partial charge in [0.15, 0.2) is 5.96 Å². The molecule has 25 heavy (non-hydrogen) atoms. The van der Waals surface area contributed by atoms with Crippen molar-refractivity contribution in [1.82, 2.24) is 15.2 Å². The van der Waals surface area contributed by atoms with E-state index in [9.17, 15) is 0 Å². The molecule has 0 saturated carbocycles. The third-order valence-corrected chi connectivity index (χ3v) is 6.06. The van der Waals surface area contributed by atoms with E-state index in [1.807, 2.05) is 19.3 Å². The maximum Gasteiger partial charge on any atom is 0.193 e. The molecule has 136 valence electrons. The Kier molecular flexibility index (Phi) is 7.81. The van der Waals surface area contributed by atoms with Crippen molar-refractivity contribution >= 4 is 52.6 Å². The van der Waals surface area contributed by atoms with E-state index in [1.54, 1.807) is 0 Å². The lowest BCUT2D eigenvalue weighted by Gasteiger charge is -2.36. The average molecular weight is 470 g/mol. The van der Waals surface area contributed by atoms with Crippen LogP contribution in [0.2, 0.25) is 0 Å². The smallest absolute Gasteiger partial charge is 0.193 e. The van der Waals surface area contributed by atoms with Gasteiger partial charge in [0.05, 0.1) is 5.52 Å². The van der Waals surface area contributed by atoms with Gasteiger partial charge in [-0.1, -0.05) is 32.0 Å². The number of aromatic nitrogens is 1. The molecule has 0 aliphatic carbocycles. The summed E-state index contributed by atoms with van der Waals surface area (Å²) in [5.74, 6) is 2.86. The number of thioether (sulfide) groups is 1. The van der Waals surface area contributed by atoms with Gasteiger partial charge in [-0.3, -0.25) is 9.98 Å². The molecule has 1 saturated heterocycles. The van der Waals surface area contributed by atoms with Crippen LogP contribution in [0, 0.1) is 5.92 Å². The van der Waals surface area contributed by atoms with Crippen LogP contribution in [0.1, 0.15) is 19.4 Å². The fourth-order valence-electron chi connectivity index (χ4n) is 3.09. The molecular weight excluding hydrogens is 443 g/mol. The Balaban J connectivity index is 0.00000225. The zero-order valence-corrected chi connectivity index (χ0v) is 18.3. The Morgan fingerprint density at radius 1 is 1.36 bits per heavy atom. The first-order valence-electron chi connectivity index (χ1n) is 8.59. The molecule has 3 rings (SSSR count). The first-order chi connectivity index (χ1) is 11.7. The topological polar surface area (TPSA) is 40.5 Å². The Hall–Kier alpha value is -1.02. The lowest BCUT2D eigenvalue weighted by Crippen LogP contribution is -2.48. The molecule has 0 bridgehead atoms. The van der Waals surface area contributed by atoms with Crippen molar-refractivity contribution in [3.05, 3.63) is 42.1 Å². The second kappa shape index (κ2) is 9.62. The number of para-hydroxylation sites is 1. The van der Waals surface area contributed by atoms with Gasteiger partial charge in [-0.25, -0.2) is 0 Å². The normalized spacial score (nSPS) is 18.3. The average Bonchev–Trinajstić information content (AvgIpc) is 2.62. The van der Waals surface area contributed by atoms with Crippen LogP contribution in [0.4, 0.5) is 0 Å². The second-order valence-corrected chi connectivity index (χ2v) is 7.83. The number of nitrogens with one attached hydrogen (secondary N) is 1. The first-order valence-corrected chi connectivity index (χ1v) is 9.63. The summed E-state index contributed by atoms with van der Waals surface area (Å²) in [6.45, 7) is 7.51. The van der Waals surface area contributed by atoms with E-state index >= 15 is 0 Å². The van der Waals surface area contributed by atoms with Crippen molar-refractivity contribution in [3.63, 3.8) is 0 Å². The molecule has 6 heteroatoms. The minimum Gasteiger partial charge on any atom is -0.352 e. The number of pyridine rings is 1. The number of aliphatic imine (C=N–C) groups is 1. The van der Waals surface area contributed by atoms with Crippen LogP contribution in [-0.2, 0) is 6.54 Å². The summed E-state index contributed by atoms with van der Waals surface area (Å²) in [6, 6.07) is 10.4. The lowest BCUT2D eigenvalue weighted by atomic mass is 10.1. The highest BCUT2D eigenvalue weighted by Crippen LogP contribution is 2.25. The zero-order valence-electron chi connectivity index (χ0n) is 15.1. The Morgan fingerprint density at radius 2 is 2.16 bits per heavy atom. The molecule has 2 heterocycles. The SMILES string of the molecule is CN=C(NCc1ccnc2ccccc12)N1CCSC(C(C)C)C1.I. The molecule has 1 aliphatic heterocycles. The quantitative estimate of drug-likeness (QED) is 0.418. The number of benzene rings is 1. The van der Waals surface area contributed by atoms with Crippen molar-refractivity contribution in [2.45, 2.75) is 25.6 Å². The lowest BCUT2D eigenvalue weighted by molar-refractivity contribution is 0.381. The summed E-state index contributed by atoms with van der Waals surface area (Å²) in [4.78, 5) is 11.3. The minimum atomic E-state index is 0. The molecule has 1 aliphatic rings. The van der Waals surface area contributed by atoms with E-state index < -0.39 is 0 Å². The number of hydrogen-bond acceptors (Lipinski definition) is 3. The molecule has 1 aromatic carbocycles. The van der Waals surface area contributed by atoms with Gasteiger partial charge in [-0.15, -0.1) is 24.0 Å². The van der Waals surface area contributed by atoms with Crippen LogP contribution in [0.25, 0.3) is 10.9 Å². The molecule has 1 atom stereocenters. The van der Waals surface area contributed by atoms with Crippen LogP contribution in [0.5, 0.6) is 0 Å². The van der Waals surface area contributed by atoms with E-state index in [2.05, 4.69) is 70.1 Å². The van der Waals surface area contributed by atoms with Crippen LogP contribution >= 0.6 is 35.7 Å². The number of hydrogen-bond donors (Lipinski definition) is 1. The van der Waals surface area contributed by atoms with Gasteiger partial charge in [0, 0.05) is 49.3 Å². The maximum absolute atomic E-state index is 4.51. The van der Waals surface area contributed by atoms with Gasteiger partial charge in [-0.2, -0.15) is 11.8 Å². The molecule has 0 spiro atoms. The number of rotatable bonds is 3. The van der Waals surface area contributed by atoms with Crippen molar-refractivity contribution in [2.24, 2.45) is 10.9 Å². The highest BCUT2D eigenvalue weighted by Gasteiger charge is 2.24. The van der Waals surface area contributed by atoms with Crippen molar-refractivity contribution in [1.29, 1.82) is 0 Å². The highest BCUT2D eigenvalue weighted by molar-refractivity contribution is 14.0. The van der Waals surface area contributed by atoms with Gasteiger partial charge in [-0.05, 0) is 23.6 Å². The fourth-order valence-corrected chi connectivity index (χ4v) is 4.39. The third kappa shape index (κ3) is 5.00. The molecule has 2 aromatic rings. The Bertz CT molecular complexity index is 714. The van der Waals surface area contributed by atoms with Gasteiger partial charge in [0.1, 0.15) is 0 Å². The van der Waals surface area contributed by atoms with E-state index in [0.717, 1.165) is 31.1 Å². The predicted molar refractivity (Wildman–Crippen MR) is 120 cm³/mol. The van der Waals surface area contributed by atoms with Gasteiger partial charge in [0.2, 0.25) is 0 Å². The van der Waals surface area contributed by atoms with Gasteiger partial charge < -0.3 is 10.2 Å². The van der Waals surface area contributed by atoms with Gasteiger partial charge in [0.25, 0.3) is 0 Å². The predicted octanol–water partition coefficient (Wildman–Crippen LogP) is 4.00. The third-order valence-electron chi connectivity index (χ3n) is 4.52. The molecule has 1 unspecified atom stereocenters. The monoisotopic (exact) mass is 470 g/mol. The number of fused-ring (bicyclic) bond motifs is 1. The molecule has 0 amide bonds. The first kappa shape index (κ1) is 20.3. The number of guanidine groups is 1. The van der Waals surface area contributed by atoms with Crippen molar-refractivity contribution in [2.75, 3.05) is 25.9 Å². The molecule has 1 fully saturated rings. The largest absolute Gasteiger partial charge is 0.352 e. The summed E-state index contributed by atoms with van der Waals surface area (Å²) in [5, 5.41) is 5.43. The zero-order chi connectivity index (χ0) is 16.9. The van der Waals surface area contributed by atoms with Crippen LogP contribution in [0.15, 0.2) is 41.5 Å². The Labute approximate surface area is 171 Å². The standard InChI is InChI=1S/C19H26N4S.HI/c1-14(2)18-13-23(10-11-24-18)19(20-3)22-12-15-8-9-21-17-7-5-4-6-16(15)17;/h4-9,14,18H,10-13H2,1-3H3,(H,20,22);1H. The Morgan fingerprint density at radius 3 is 2.92 bits per heavy atom. The molecule has 4 nitrogen and oxygen atoms in total. The second-order valence-electron chi connectivity index (χ2n) is 6.49. The van der Waals surface area contributed by atoms with E-state index in [-0.39, 0.29) is 24.0 Å².